The lowest BCUT2D eigenvalue weighted by atomic mass is 10.1. The lowest BCUT2D eigenvalue weighted by molar-refractivity contribution is 0.102. The highest BCUT2D eigenvalue weighted by atomic mass is 32.1. The topological polar surface area (TPSA) is 80.9 Å². The van der Waals surface area contributed by atoms with Gasteiger partial charge in [0.2, 0.25) is 0 Å². The molecule has 2 aromatic heterocycles. The Morgan fingerprint density at radius 3 is 2.64 bits per heavy atom. The van der Waals surface area contributed by atoms with E-state index in [0.29, 0.717) is 22.5 Å². The molecule has 122 valence electrons. The Morgan fingerprint density at radius 1 is 1.00 bits per heavy atom. The first-order chi connectivity index (χ1) is 12.2. The van der Waals surface area contributed by atoms with E-state index in [9.17, 15) is 4.79 Å². The summed E-state index contributed by atoms with van der Waals surface area (Å²) in [6.45, 7) is 0. The van der Waals surface area contributed by atoms with Crippen LogP contribution in [-0.4, -0.2) is 15.9 Å². The zero-order chi connectivity index (χ0) is 17.2. The number of carbonyl (C=O) groups is 1. The smallest absolute Gasteiger partial charge is 0.255 e. The minimum absolute atomic E-state index is 0.234. The van der Waals surface area contributed by atoms with Crippen molar-refractivity contribution in [2.24, 2.45) is 0 Å². The van der Waals surface area contributed by atoms with Gasteiger partial charge in [0.1, 0.15) is 0 Å². The number of nitrogens with one attached hydrogen (secondary N) is 1. The van der Waals surface area contributed by atoms with Crippen molar-refractivity contribution in [3.8, 4) is 10.4 Å². The van der Waals surface area contributed by atoms with Gasteiger partial charge in [-0.2, -0.15) is 0 Å². The Morgan fingerprint density at radius 2 is 1.84 bits per heavy atom. The number of nitrogens with two attached hydrogens (primary N) is 1. The van der Waals surface area contributed by atoms with Gasteiger partial charge in [0.25, 0.3) is 5.91 Å². The molecule has 1 amide bonds. The van der Waals surface area contributed by atoms with Gasteiger partial charge >= 0.3 is 0 Å². The number of hydrogen-bond donors (Lipinski definition) is 2. The number of carbonyl (C=O) groups excluding carboxylic acids is 1. The largest absolute Gasteiger partial charge is 0.397 e. The average Bonchev–Trinajstić information content (AvgIpc) is 3.18. The Balaban J connectivity index is 1.64. The highest BCUT2D eigenvalue weighted by molar-refractivity contribution is 7.13. The number of nitrogen functional groups attached to an aromatic ring is 1. The van der Waals surface area contributed by atoms with Gasteiger partial charge < -0.3 is 11.1 Å². The number of nitrogens with zero attached hydrogens (tertiary/aromatic N) is 2. The van der Waals surface area contributed by atoms with E-state index < -0.39 is 0 Å². The van der Waals surface area contributed by atoms with Crippen molar-refractivity contribution in [3.05, 3.63) is 71.9 Å². The molecule has 0 aliphatic heterocycles. The van der Waals surface area contributed by atoms with Crippen LogP contribution in [0.5, 0.6) is 0 Å². The van der Waals surface area contributed by atoms with Crippen LogP contribution in [0.15, 0.2) is 66.3 Å². The van der Waals surface area contributed by atoms with Crippen molar-refractivity contribution in [1.82, 2.24) is 9.97 Å². The molecule has 0 aliphatic rings. The molecule has 2 heterocycles. The molecule has 5 nitrogen and oxygen atoms in total. The summed E-state index contributed by atoms with van der Waals surface area (Å²) in [6.07, 6.45) is 3.23. The fourth-order valence-electron chi connectivity index (χ4n) is 2.56. The van der Waals surface area contributed by atoms with Crippen molar-refractivity contribution < 1.29 is 4.79 Å². The molecule has 0 bridgehead atoms. The van der Waals surface area contributed by atoms with Crippen LogP contribution in [0.3, 0.4) is 0 Å². The van der Waals surface area contributed by atoms with E-state index in [2.05, 4.69) is 15.3 Å². The van der Waals surface area contributed by atoms with Gasteiger partial charge in [-0.25, -0.2) is 0 Å². The van der Waals surface area contributed by atoms with Crippen LogP contribution >= 0.6 is 11.3 Å². The van der Waals surface area contributed by atoms with Crippen molar-refractivity contribution >= 4 is 39.7 Å². The van der Waals surface area contributed by atoms with E-state index in [-0.39, 0.29) is 5.91 Å². The molecule has 0 saturated carbocycles. The average molecular weight is 346 g/mol. The molecule has 0 unspecified atom stereocenters. The molecule has 0 fully saturated rings. The zero-order valence-electron chi connectivity index (χ0n) is 13.1. The standard InChI is InChI=1S/C19H14N4OS/c20-14-5-3-12(18-2-1-9-25-18)10-16(14)23-19(24)13-4-6-15-17(11-13)22-8-7-21-15/h1-11H,20H2,(H,23,24). The fraction of sp³-hybridized carbons (Fsp3) is 0. The minimum atomic E-state index is -0.234. The zero-order valence-corrected chi connectivity index (χ0v) is 14.0. The third-order valence-corrected chi connectivity index (χ3v) is 4.76. The van der Waals surface area contributed by atoms with Gasteiger partial charge in [0, 0.05) is 22.8 Å². The third kappa shape index (κ3) is 3.07. The van der Waals surface area contributed by atoms with Crippen LogP contribution in [0.2, 0.25) is 0 Å². The molecule has 3 N–H and O–H groups in total. The first kappa shape index (κ1) is 15.3. The number of amides is 1. The van der Waals surface area contributed by atoms with Crippen molar-refractivity contribution in [1.29, 1.82) is 0 Å². The Labute approximate surface area is 148 Å². The number of anilines is 2. The predicted octanol–water partition coefficient (Wildman–Crippen LogP) is 4.19. The number of aromatic nitrogens is 2. The SMILES string of the molecule is Nc1ccc(-c2cccs2)cc1NC(=O)c1ccc2nccnc2c1. The Bertz CT molecular complexity index is 1060. The maximum atomic E-state index is 12.6. The Hall–Kier alpha value is -3.25. The van der Waals surface area contributed by atoms with E-state index in [1.165, 1.54) is 0 Å². The monoisotopic (exact) mass is 346 g/mol. The van der Waals surface area contributed by atoms with Gasteiger partial charge in [-0.15, -0.1) is 11.3 Å². The van der Waals surface area contributed by atoms with E-state index in [1.54, 1.807) is 48.0 Å². The van der Waals surface area contributed by atoms with Gasteiger partial charge in [-0.05, 0) is 47.3 Å². The summed E-state index contributed by atoms with van der Waals surface area (Å²) >= 11 is 1.64. The maximum absolute atomic E-state index is 12.6. The van der Waals surface area contributed by atoms with E-state index in [0.717, 1.165) is 16.0 Å². The first-order valence-corrected chi connectivity index (χ1v) is 8.54. The summed E-state index contributed by atoms with van der Waals surface area (Å²) in [6, 6.07) is 14.9. The summed E-state index contributed by atoms with van der Waals surface area (Å²) in [4.78, 5) is 22.2. The van der Waals surface area contributed by atoms with Crippen LogP contribution in [0.25, 0.3) is 21.5 Å². The summed E-state index contributed by atoms with van der Waals surface area (Å²) < 4.78 is 0. The number of fused-ring (bicyclic) bond motifs is 1. The second kappa shape index (κ2) is 6.33. The molecule has 0 radical (unpaired) electrons. The second-order valence-electron chi connectivity index (χ2n) is 5.49. The molecule has 25 heavy (non-hydrogen) atoms. The molecule has 2 aromatic carbocycles. The van der Waals surface area contributed by atoms with Gasteiger partial charge in [0.15, 0.2) is 0 Å². The van der Waals surface area contributed by atoms with Crippen LogP contribution < -0.4 is 11.1 Å². The molecule has 0 saturated heterocycles. The highest BCUT2D eigenvalue weighted by Crippen LogP contribution is 2.30. The molecular formula is C19H14N4OS. The number of benzene rings is 2. The summed E-state index contributed by atoms with van der Waals surface area (Å²) in [5, 5.41) is 4.90. The number of rotatable bonds is 3. The summed E-state index contributed by atoms with van der Waals surface area (Å²) in [7, 11) is 0. The number of hydrogen-bond acceptors (Lipinski definition) is 5. The van der Waals surface area contributed by atoms with Crippen molar-refractivity contribution in [2.75, 3.05) is 11.1 Å². The fourth-order valence-corrected chi connectivity index (χ4v) is 3.28. The van der Waals surface area contributed by atoms with Gasteiger partial charge in [-0.3, -0.25) is 14.8 Å². The highest BCUT2D eigenvalue weighted by Gasteiger charge is 2.11. The Kier molecular flexibility index (Phi) is 3.87. The van der Waals surface area contributed by atoms with Crippen LogP contribution in [0, 0.1) is 0 Å². The van der Waals surface area contributed by atoms with Crippen molar-refractivity contribution in [3.63, 3.8) is 0 Å². The third-order valence-electron chi connectivity index (χ3n) is 3.84. The normalized spacial score (nSPS) is 10.7. The van der Waals surface area contributed by atoms with Crippen LogP contribution in [-0.2, 0) is 0 Å². The molecule has 0 aliphatic carbocycles. The van der Waals surface area contributed by atoms with Gasteiger partial charge in [0.05, 0.1) is 22.4 Å². The van der Waals surface area contributed by atoms with E-state index >= 15 is 0 Å². The molecular weight excluding hydrogens is 332 g/mol. The van der Waals surface area contributed by atoms with Gasteiger partial charge in [-0.1, -0.05) is 12.1 Å². The lowest BCUT2D eigenvalue weighted by Crippen LogP contribution is -2.13. The predicted molar refractivity (Wildman–Crippen MR) is 102 cm³/mol. The molecule has 4 aromatic rings. The minimum Gasteiger partial charge on any atom is -0.397 e. The first-order valence-electron chi connectivity index (χ1n) is 7.66. The molecule has 0 atom stereocenters. The maximum Gasteiger partial charge on any atom is 0.255 e. The quantitative estimate of drug-likeness (QED) is 0.545. The molecule has 4 rings (SSSR count). The van der Waals surface area contributed by atoms with Crippen LogP contribution in [0.1, 0.15) is 10.4 Å². The molecule has 6 heteroatoms. The van der Waals surface area contributed by atoms with Crippen molar-refractivity contribution in [2.45, 2.75) is 0 Å². The summed E-state index contributed by atoms with van der Waals surface area (Å²) in [5.41, 5.74) is 10.1. The lowest BCUT2D eigenvalue weighted by Gasteiger charge is -2.10. The van der Waals surface area contributed by atoms with E-state index in [4.69, 9.17) is 5.73 Å². The second-order valence-corrected chi connectivity index (χ2v) is 6.44. The van der Waals surface area contributed by atoms with E-state index in [1.807, 2.05) is 29.6 Å². The molecule has 0 spiro atoms. The van der Waals surface area contributed by atoms with Crippen LogP contribution in [0.4, 0.5) is 11.4 Å². The summed E-state index contributed by atoms with van der Waals surface area (Å²) in [5.74, 6) is -0.234. The number of thiophene rings is 1.